The van der Waals surface area contributed by atoms with E-state index in [1.807, 2.05) is 13.8 Å². The Labute approximate surface area is 115 Å². The van der Waals surface area contributed by atoms with E-state index in [0.717, 1.165) is 4.90 Å². The van der Waals surface area contributed by atoms with E-state index in [9.17, 15) is 19.7 Å². The number of imide groups is 1. The van der Waals surface area contributed by atoms with Crippen LogP contribution in [0.25, 0.3) is 0 Å². The number of carbonyl (C=O) groups excluding carboxylic acids is 2. The molecule has 1 heterocycles. The molecule has 0 saturated carbocycles. The first-order valence-electron chi connectivity index (χ1n) is 5.90. The van der Waals surface area contributed by atoms with Gasteiger partial charge in [0.2, 0.25) is 5.91 Å². The Kier molecular flexibility index (Phi) is 3.21. The Hall–Kier alpha value is -2.44. The van der Waals surface area contributed by atoms with E-state index in [1.165, 1.54) is 12.1 Å². The second kappa shape index (κ2) is 4.59. The topological polar surface area (TPSA) is 107 Å². The lowest BCUT2D eigenvalue weighted by molar-refractivity contribution is -0.384. The van der Waals surface area contributed by atoms with E-state index >= 15 is 0 Å². The van der Waals surface area contributed by atoms with Gasteiger partial charge in [-0.05, 0) is 23.5 Å². The molecule has 20 heavy (non-hydrogen) atoms. The Balaban J connectivity index is 2.72. The summed E-state index contributed by atoms with van der Waals surface area (Å²) < 4.78 is 0. The molecule has 0 aromatic heterocycles. The van der Waals surface area contributed by atoms with Gasteiger partial charge < -0.3 is 5.73 Å². The van der Waals surface area contributed by atoms with E-state index in [4.69, 9.17) is 5.73 Å². The van der Waals surface area contributed by atoms with E-state index in [1.54, 1.807) is 6.07 Å². The van der Waals surface area contributed by atoms with Gasteiger partial charge in [0.25, 0.3) is 5.69 Å². The minimum atomic E-state index is -0.984. The van der Waals surface area contributed by atoms with Gasteiger partial charge in [0.1, 0.15) is 0 Å². The van der Waals surface area contributed by atoms with Crippen molar-refractivity contribution < 1.29 is 14.5 Å². The average Bonchev–Trinajstić information content (AvgIpc) is 2.44. The van der Waals surface area contributed by atoms with Crippen molar-refractivity contribution in [3.05, 3.63) is 40.3 Å². The van der Waals surface area contributed by atoms with Crippen molar-refractivity contribution in [2.24, 2.45) is 5.73 Å². The number of nitrogens with zero attached hydrogens (tertiary/aromatic N) is 2. The van der Waals surface area contributed by atoms with Crippen molar-refractivity contribution in [2.45, 2.75) is 25.7 Å². The van der Waals surface area contributed by atoms with Crippen LogP contribution in [0.4, 0.5) is 16.2 Å². The van der Waals surface area contributed by atoms with Crippen molar-refractivity contribution in [1.82, 2.24) is 0 Å². The molecule has 0 bridgehead atoms. The number of primary amides is 1. The van der Waals surface area contributed by atoms with Gasteiger partial charge in [-0.3, -0.25) is 14.9 Å². The molecule has 1 aliphatic heterocycles. The highest BCUT2D eigenvalue weighted by Crippen LogP contribution is 2.40. The van der Waals surface area contributed by atoms with Crippen molar-refractivity contribution in [2.75, 3.05) is 4.90 Å². The maximum atomic E-state index is 11.9. The zero-order valence-corrected chi connectivity index (χ0v) is 11.0. The number of hydrogen-bond acceptors (Lipinski definition) is 4. The molecule has 2 N–H and O–H groups in total. The molecule has 7 nitrogen and oxygen atoms in total. The maximum absolute atomic E-state index is 11.9. The van der Waals surface area contributed by atoms with Crippen molar-refractivity contribution >= 4 is 23.3 Å². The minimum absolute atomic E-state index is 0.145. The van der Waals surface area contributed by atoms with Gasteiger partial charge in [-0.1, -0.05) is 13.8 Å². The lowest BCUT2D eigenvalue weighted by atomic mass is 9.80. The number of carbonyl (C=O) groups is 2. The van der Waals surface area contributed by atoms with Crippen LogP contribution in [0.15, 0.2) is 18.2 Å². The Morgan fingerprint density at radius 1 is 1.50 bits per heavy atom. The number of amides is 3. The van der Waals surface area contributed by atoms with Gasteiger partial charge in [-0.15, -0.1) is 0 Å². The van der Waals surface area contributed by atoms with Crippen molar-refractivity contribution in [3.63, 3.8) is 0 Å². The molecule has 0 atom stereocenters. The predicted molar refractivity (Wildman–Crippen MR) is 71.1 cm³/mol. The van der Waals surface area contributed by atoms with Crippen LogP contribution in [-0.4, -0.2) is 16.9 Å². The van der Waals surface area contributed by atoms with Crippen LogP contribution in [0, 0.1) is 16.5 Å². The lowest BCUT2D eigenvalue weighted by Crippen LogP contribution is -2.40. The number of urea groups is 1. The highest BCUT2D eigenvalue weighted by molar-refractivity contribution is 6.17. The number of fused-ring (bicyclic) bond motifs is 1. The van der Waals surface area contributed by atoms with Gasteiger partial charge in [0, 0.05) is 12.1 Å². The maximum Gasteiger partial charge on any atom is 0.326 e. The molecule has 104 valence electrons. The predicted octanol–water partition coefficient (Wildman–Crippen LogP) is 1.77. The molecule has 3 amide bonds. The quantitative estimate of drug-likeness (QED) is 0.622. The summed E-state index contributed by atoms with van der Waals surface area (Å²) in [6, 6.07) is 3.09. The summed E-state index contributed by atoms with van der Waals surface area (Å²) in [5.41, 5.74) is 5.31. The molecular weight excluding hydrogens is 262 g/mol. The fraction of sp³-hybridized carbons (Fsp3) is 0.308. The van der Waals surface area contributed by atoms with Crippen LogP contribution in [0.3, 0.4) is 0 Å². The van der Waals surface area contributed by atoms with Crippen LogP contribution >= 0.6 is 0 Å². The molecule has 0 fully saturated rings. The summed E-state index contributed by atoms with van der Waals surface area (Å²) in [6.45, 7) is 3.73. The van der Waals surface area contributed by atoms with E-state index < -0.39 is 22.3 Å². The number of anilines is 1. The summed E-state index contributed by atoms with van der Waals surface area (Å²) in [7, 11) is 0. The van der Waals surface area contributed by atoms with Gasteiger partial charge in [-0.2, -0.15) is 0 Å². The first-order valence-corrected chi connectivity index (χ1v) is 5.90. The number of nitrogens with two attached hydrogens (primary N) is 1. The molecule has 2 radical (unpaired) electrons. The van der Waals surface area contributed by atoms with Crippen LogP contribution in [-0.2, 0) is 10.2 Å². The van der Waals surface area contributed by atoms with Crippen LogP contribution in [0.1, 0.15) is 25.8 Å². The van der Waals surface area contributed by atoms with Gasteiger partial charge in [-0.25, -0.2) is 9.69 Å². The molecule has 7 heteroatoms. The molecule has 0 saturated heterocycles. The van der Waals surface area contributed by atoms with Gasteiger partial charge >= 0.3 is 6.03 Å². The lowest BCUT2D eigenvalue weighted by Gasteiger charge is -2.25. The van der Waals surface area contributed by atoms with Crippen LogP contribution < -0.4 is 10.6 Å². The van der Waals surface area contributed by atoms with Crippen molar-refractivity contribution in [1.29, 1.82) is 0 Å². The Morgan fingerprint density at radius 2 is 2.15 bits per heavy atom. The molecule has 2 rings (SSSR count). The molecule has 1 aromatic rings. The smallest absolute Gasteiger partial charge is 0.326 e. The second-order valence-corrected chi connectivity index (χ2v) is 5.17. The Morgan fingerprint density at radius 3 is 2.70 bits per heavy atom. The fourth-order valence-corrected chi connectivity index (χ4v) is 2.19. The molecule has 0 spiro atoms. The highest BCUT2D eigenvalue weighted by Gasteiger charge is 2.36. The highest BCUT2D eigenvalue weighted by atomic mass is 16.6. The van der Waals surface area contributed by atoms with Crippen molar-refractivity contribution in [3.8, 4) is 0 Å². The summed E-state index contributed by atoms with van der Waals surface area (Å²) in [6.07, 6.45) is 2.87. The zero-order chi connectivity index (χ0) is 15.1. The fourth-order valence-electron chi connectivity index (χ4n) is 2.19. The van der Waals surface area contributed by atoms with Gasteiger partial charge in [0.15, 0.2) is 0 Å². The number of nitro benzene ring substituents is 1. The monoisotopic (exact) mass is 275 g/mol. The van der Waals surface area contributed by atoms with Crippen LogP contribution in [0.2, 0.25) is 0 Å². The van der Waals surface area contributed by atoms with E-state index in [0.29, 0.717) is 12.0 Å². The normalized spacial score (nSPS) is 17.3. The van der Waals surface area contributed by atoms with Gasteiger partial charge in [0.05, 0.1) is 17.0 Å². The number of rotatable bonds is 1. The summed E-state index contributed by atoms with van der Waals surface area (Å²) >= 11 is 0. The first kappa shape index (κ1) is 14.0. The van der Waals surface area contributed by atoms with Crippen LogP contribution in [0.5, 0.6) is 0 Å². The summed E-state index contributed by atoms with van der Waals surface area (Å²) in [5.74, 6) is -0.690. The molecule has 1 aliphatic rings. The largest absolute Gasteiger partial charge is 0.351 e. The zero-order valence-electron chi connectivity index (χ0n) is 11.0. The number of nitro groups is 1. The number of hydrogen-bond donors (Lipinski definition) is 1. The third-order valence-electron chi connectivity index (χ3n) is 3.27. The number of non-ortho nitro benzene ring substituents is 1. The second-order valence-electron chi connectivity index (χ2n) is 5.17. The third-order valence-corrected chi connectivity index (χ3v) is 3.27. The first-order chi connectivity index (χ1) is 9.24. The molecule has 1 aromatic carbocycles. The summed E-state index contributed by atoms with van der Waals surface area (Å²) in [5, 5.41) is 10.9. The average molecular weight is 275 g/mol. The number of benzene rings is 1. The third kappa shape index (κ3) is 2.22. The summed E-state index contributed by atoms with van der Waals surface area (Å²) in [4.78, 5) is 34.4. The standard InChI is InChI=1S/C13H13N3O4/c1-13(2)6-5-11(17)15(12(14)18)10-7-8(16(19)20)3-4-9(10)13/h3-4,7H,6H2,1-2H3,(H2,14,18). The molecule has 0 unspecified atom stereocenters. The minimum Gasteiger partial charge on any atom is -0.351 e. The van der Waals surface area contributed by atoms with E-state index in [-0.39, 0.29) is 11.4 Å². The Bertz CT molecular complexity index is 610. The SMILES string of the molecule is CC1(C)C[C]C(=O)N(C(N)=O)c2cc([N+](=O)[O-])ccc21. The molecule has 0 aliphatic carbocycles. The van der Waals surface area contributed by atoms with E-state index in [2.05, 4.69) is 6.42 Å². The molecular formula is C13H13N3O4.